The van der Waals surface area contributed by atoms with Crippen LogP contribution in [0.4, 0.5) is 5.69 Å². The predicted octanol–water partition coefficient (Wildman–Crippen LogP) is 1.10. The average Bonchev–Trinajstić information content (AvgIpc) is 2.26. The minimum atomic E-state index is -3.47. The fourth-order valence-corrected chi connectivity index (χ4v) is 3.31. The van der Waals surface area contributed by atoms with Crippen molar-refractivity contribution in [3.05, 3.63) is 29.8 Å². The molecule has 1 rings (SSSR count). The Morgan fingerprint density at radius 1 is 1.37 bits per heavy atom. The average molecular weight is 286 g/mol. The number of aliphatic hydroxyl groups excluding tert-OH is 1. The summed E-state index contributed by atoms with van der Waals surface area (Å²) in [6.07, 6.45) is 0.604. The summed E-state index contributed by atoms with van der Waals surface area (Å²) >= 11 is 0. The molecule has 0 amide bonds. The second kappa shape index (κ2) is 6.88. The number of rotatable bonds is 7. The van der Waals surface area contributed by atoms with Crippen LogP contribution in [0, 0.1) is 5.92 Å². The number of hydrogen-bond acceptors (Lipinski definition) is 4. The lowest BCUT2D eigenvalue weighted by atomic mass is 10.1. The Labute approximate surface area is 114 Å². The van der Waals surface area contributed by atoms with Crippen molar-refractivity contribution in [1.82, 2.24) is 4.72 Å². The number of sulfonamides is 1. The highest BCUT2D eigenvalue weighted by Gasteiger charge is 2.18. The SMILES string of the molecule is CC(C)CC(CO)NS(=O)(=O)Cc1cccc(N)c1. The van der Waals surface area contributed by atoms with Gasteiger partial charge in [-0.25, -0.2) is 13.1 Å². The summed E-state index contributed by atoms with van der Waals surface area (Å²) in [5, 5.41) is 9.20. The first-order valence-corrected chi connectivity index (χ1v) is 7.93. The molecule has 0 aliphatic carbocycles. The minimum absolute atomic E-state index is 0.132. The van der Waals surface area contributed by atoms with Gasteiger partial charge in [-0.3, -0.25) is 0 Å². The van der Waals surface area contributed by atoms with E-state index in [2.05, 4.69) is 4.72 Å². The van der Waals surface area contributed by atoms with Crippen LogP contribution in [-0.2, 0) is 15.8 Å². The van der Waals surface area contributed by atoms with Crippen LogP contribution in [-0.4, -0.2) is 26.2 Å². The topological polar surface area (TPSA) is 92.4 Å². The van der Waals surface area contributed by atoms with E-state index in [0.29, 0.717) is 23.6 Å². The van der Waals surface area contributed by atoms with E-state index in [0.717, 1.165) is 0 Å². The van der Waals surface area contributed by atoms with Gasteiger partial charge in [0.05, 0.1) is 12.4 Å². The van der Waals surface area contributed by atoms with E-state index in [-0.39, 0.29) is 12.4 Å². The van der Waals surface area contributed by atoms with Crippen molar-refractivity contribution in [3.8, 4) is 0 Å². The maximum Gasteiger partial charge on any atom is 0.216 e. The van der Waals surface area contributed by atoms with Gasteiger partial charge in [-0.2, -0.15) is 0 Å². The Balaban J connectivity index is 2.70. The van der Waals surface area contributed by atoms with Gasteiger partial charge in [-0.1, -0.05) is 26.0 Å². The van der Waals surface area contributed by atoms with E-state index < -0.39 is 16.1 Å². The Bertz CT molecular complexity index is 500. The molecule has 0 aliphatic rings. The Morgan fingerprint density at radius 2 is 2.05 bits per heavy atom. The third-order valence-electron chi connectivity index (χ3n) is 2.63. The molecule has 1 unspecified atom stereocenters. The smallest absolute Gasteiger partial charge is 0.216 e. The maximum absolute atomic E-state index is 12.0. The molecule has 108 valence electrons. The van der Waals surface area contributed by atoms with E-state index in [1.165, 1.54) is 0 Å². The highest BCUT2D eigenvalue weighted by atomic mass is 32.2. The molecule has 0 bridgehead atoms. The molecule has 0 aromatic heterocycles. The van der Waals surface area contributed by atoms with Crippen LogP contribution < -0.4 is 10.5 Å². The van der Waals surface area contributed by atoms with E-state index in [1.807, 2.05) is 13.8 Å². The number of hydrogen-bond donors (Lipinski definition) is 3. The van der Waals surface area contributed by atoms with Crippen molar-refractivity contribution in [2.75, 3.05) is 12.3 Å². The quantitative estimate of drug-likeness (QED) is 0.654. The predicted molar refractivity (Wildman–Crippen MR) is 76.9 cm³/mol. The molecule has 6 heteroatoms. The molecule has 0 saturated carbocycles. The molecule has 0 saturated heterocycles. The Morgan fingerprint density at radius 3 is 2.58 bits per heavy atom. The summed E-state index contributed by atoms with van der Waals surface area (Å²) in [4.78, 5) is 0. The Hall–Kier alpha value is -1.11. The summed E-state index contributed by atoms with van der Waals surface area (Å²) in [5.74, 6) is 0.180. The molecular formula is C13H22N2O3S. The van der Waals surface area contributed by atoms with E-state index >= 15 is 0 Å². The van der Waals surface area contributed by atoms with Gasteiger partial charge in [0.1, 0.15) is 0 Å². The number of benzene rings is 1. The van der Waals surface area contributed by atoms with Gasteiger partial charge in [-0.05, 0) is 30.0 Å². The van der Waals surface area contributed by atoms with Crippen LogP contribution in [0.3, 0.4) is 0 Å². The number of aliphatic hydroxyl groups is 1. The summed E-state index contributed by atoms with van der Waals surface area (Å²) in [7, 11) is -3.47. The van der Waals surface area contributed by atoms with Gasteiger partial charge in [0, 0.05) is 11.7 Å². The maximum atomic E-state index is 12.0. The zero-order chi connectivity index (χ0) is 14.5. The summed E-state index contributed by atoms with van der Waals surface area (Å²) in [5.41, 5.74) is 6.78. The van der Waals surface area contributed by atoms with Crippen LogP contribution in [0.5, 0.6) is 0 Å². The third-order valence-corrected chi connectivity index (χ3v) is 4.04. The molecule has 0 spiro atoms. The summed E-state index contributed by atoms with van der Waals surface area (Å²) in [6.45, 7) is 3.76. The lowest BCUT2D eigenvalue weighted by Crippen LogP contribution is -2.39. The lowest BCUT2D eigenvalue weighted by molar-refractivity contribution is 0.240. The first-order chi connectivity index (χ1) is 8.82. The van der Waals surface area contributed by atoms with Gasteiger partial charge < -0.3 is 10.8 Å². The normalized spacial score (nSPS) is 13.7. The van der Waals surface area contributed by atoms with Crippen LogP contribution >= 0.6 is 0 Å². The van der Waals surface area contributed by atoms with Crippen LogP contribution in [0.2, 0.25) is 0 Å². The molecule has 4 N–H and O–H groups in total. The van der Waals surface area contributed by atoms with Crippen molar-refractivity contribution in [1.29, 1.82) is 0 Å². The molecule has 0 heterocycles. The minimum Gasteiger partial charge on any atom is -0.399 e. The largest absolute Gasteiger partial charge is 0.399 e. The zero-order valence-electron chi connectivity index (χ0n) is 11.3. The molecule has 1 atom stereocenters. The molecule has 19 heavy (non-hydrogen) atoms. The van der Waals surface area contributed by atoms with E-state index in [1.54, 1.807) is 24.3 Å². The van der Waals surface area contributed by atoms with Crippen LogP contribution in [0.1, 0.15) is 25.8 Å². The molecule has 1 aromatic carbocycles. The van der Waals surface area contributed by atoms with Gasteiger partial charge >= 0.3 is 0 Å². The number of anilines is 1. The molecular weight excluding hydrogens is 264 g/mol. The monoisotopic (exact) mass is 286 g/mol. The number of nitrogens with one attached hydrogen (secondary N) is 1. The lowest BCUT2D eigenvalue weighted by Gasteiger charge is -2.18. The van der Waals surface area contributed by atoms with Crippen molar-refractivity contribution >= 4 is 15.7 Å². The van der Waals surface area contributed by atoms with Crippen molar-refractivity contribution < 1.29 is 13.5 Å². The molecule has 5 nitrogen and oxygen atoms in total. The van der Waals surface area contributed by atoms with Gasteiger partial charge in [0.25, 0.3) is 0 Å². The summed E-state index contributed by atoms with van der Waals surface area (Å²) < 4.78 is 26.5. The fraction of sp³-hybridized carbons (Fsp3) is 0.538. The van der Waals surface area contributed by atoms with Crippen molar-refractivity contribution in [3.63, 3.8) is 0 Å². The Kier molecular flexibility index (Phi) is 5.78. The standard InChI is InChI=1S/C13H22N2O3S/c1-10(2)6-13(8-16)15-19(17,18)9-11-4-3-5-12(14)7-11/h3-5,7,10,13,15-16H,6,8-9,14H2,1-2H3. The van der Waals surface area contributed by atoms with Gasteiger partial charge in [0.15, 0.2) is 0 Å². The van der Waals surface area contributed by atoms with Crippen molar-refractivity contribution in [2.45, 2.75) is 32.1 Å². The third kappa shape index (κ3) is 6.04. The first kappa shape index (κ1) is 15.9. The zero-order valence-corrected chi connectivity index (χ0v) is 12.2. The van der Waals surface area contributed by atoms with E-state index in [4.69, 9.17) is 5.73 Å². The fourth-order valence-electron chi connectivity index (χ4n) is 1.93. The van der Waals surface area contributed by atoms with Crippen LogP contribution in [0.15, 0.2) is 24.3 Å². The molecule has 1 aromatic rings. The second-order valence-corrected chi connectivity index (χ2v) is 6.88. The van der Waals surface area contributed by atoms with E-state index in [9.17, 15) is 13.5 Å². The first-order valence-electron chi connectivity index (χ1n) is 6.27. The molecule has 0 aliphatic heterocycles. The number of nitrogen functional groups attached to an aromatic ring is 1. The van der Waals surface area contributed by atoms with Crippen LogP contribution in [0.25, 0.3) is 0 Å². The molecule has 0 fully saturated rings. The van der Waals surface area contributed by atoms with Crippen molar-refractivity contribution in [2.24, 2.45) is 5.92 Å². The second-order valence-electron chi connectivity index (χ2n) is 5.13. The number of nitrogens with two attached hydrogens (primary N) is 1. The highest BCUT2D eigenvalue weighted by molar-refractivity contribution is 7.88. The summed E-state index contributed by atoms with van der Waals surface area (Å²) in [6, 6.07) is 6.34. The van der Waals surface area contributed by atoms with Gasteiger partial charge in [-0.15, -0.1) is 0 Å². The van der Waals surface area contributed by atoms with Gasteiger partial charge in [0.2, 0.25) is 10.0 Å². The molecule has 0 radical (unpaired) electrons. The highest BCUT2D eigenvalue weighted by Crippen LogP contribution is 2.11.